The smallest absolute Gasteiger partial charge is 0.106 e. The second kappa shape index (κ2) is 11.9. The van der Waals surface area contributed by atoms with E-state index < -0.39 is 0 Å². The molecule has 2 aromatic rings. The minimum atomic E-state index is 0. The molecule has 0 spiro atoms. The Kier molecular flexibility index (Phi) is 9.48. The van der Waals surface area contributed by atoms with Gasteiger partial charge in [0.2, 0.25) is 0 Å². The number of likely N-dealkylation sites (tertiary alicyclic amines) is 1. The first-order chi connectivity index (χ1) is 15.5. The lowest BCUT2D eigenvalue weighted by Gasteiger charge is -2.39. The van der Waals surface area contributed by atoms with Gasteiger partial charge in [0, 0.05) is 40.5 Å². The normalized spacial score (nSPS) is 18.5. The van der Waals surface area contributed by atoms with Gasteiger partial charge in [0.05, 0.1) is 18.0 Å². The van der Waals surface area contributed by atoms with Crippen molar-refractivity contribution in [1.82, 2.24) is 10.2 Å². The third-order valence-electron chi connectivity index (χ3n) is 6.48. The standard InChI is InChI=1S/C26H35N3OS2.ClH/c1-18(2)12-13-27-26(31)20-10-11-25-23(15-20)29(22-8-4-5-9-24(22)32-25)19(3)16-28-14-6-7-21(28)17-30;/h4-5,8-11,15,18-19,21,30H,6-7,12-14,16-17H2,1-3H3,(H,27,31);1H/t19?,21-;/m0./s1. The van der Waals surface area contributed by atoms with Crippen molar-refractivity contribution in [3.05, 3.63) is 48.0 Å². The zero-order chi connectivity index (χ0) is 22.7. The summed E-state index contributed by atoms with van der Waals surface area (Å²) in [5, 5.41) is 13.2. The van der Waals surface area contributed by atoms with Crippen LogP contribution in [0.15, 0.2) is 52.3 Å². The van der Waals surface area contributed by atoms with Crippen LogP contribution < -0.4 is 10.2 Å². The molecule has 0 aromatic heterocycles. The molecule has 2 N–H and O–H groups in total. The van der Waals surface area contributed by atoms with Gasteiger partial charge in [0.1, 0.15) is 4.99 Å². The average molecular weight is 506 g/mol. The van der Waals surface area contributed by atoms with Gasteiger partial charge >= 0.3 is 0 Å². The summed E-state index contributed by atoms with van der Waals surface area (Å²) < 4.78 is 0. The Morgan fingerprint density at radius 2 is 1.91 bits per heavy atom. The summed E-state index contributed by atoms with van der Waals surface area (Å²) >= 11 is 7.57. The fraction of sp³-hybridized carbons (Fsp3) is 0.500. The second-order valence-electron chi connectivity index (χ2n) is 9.38. The van der Waals surface area contributed by atoms with E-state index in [0.717, 1.165) is 43.0 Å². The summed E-state index contributed by atoms with van der Waals surface area (Å²) in [4.78, 5) is 8.32. The van der Waals surface area contributed by atoms with Gasteiger partial charge in [-0.25, -0.2) is 0 Å². The first-order valence-corrected chi connectivity index (χ1v) is 13.0. The molecule has 2 atom stereocenters. The molecule has 0 amide bonds. The molecule has 33 heavy (non-hydrogen) atoms. The summed E-state index contributed by atoms with van der Waals surface area (Å²) in [5.41, 5.74) is 3.56. The van der Waals surface area contributed by atoms with Crippen molar-refractivity contribution in [3.63, 3.8) is 0 Å². The number of thiocarbonyl (C=S) groups is 1. The van der Waals surface area contributed by atoms with E-state index in [1.807, 2.05) is 11.8 Å². The third kappa shape index (κ3) is 6.04. The van der Waals surface area contributed by atoms with Gasteiger partial charge in [-0.1, -0.05) is 56.0 Å². The molecule has 2 aromatic carbocycles. The Labute approximate surface area is 214 Å². The Hall–Kier alpha value is -1.31. The molecule has 2 aliphatic rings. The number of aliphatic hydroxyl groups is 1. The molecule has 1 saturated heterocycles. The molecular formula is C26H36ClN3OS2. The van der Waals surface area contributed by atoms with Crippen molar-refractivity contribution < 1.29 is 5.11 Å². The molecule has 0 aliphatic carbocycles. The van der Waals surface area contributed by atoms with Crippen LogP contribution in [-0.4, -0.2) is 53.3 Å². The number of rotatable bonds is 8. The van der Waals surface area contributed by atoms with E-state index in [0.29, 0.717) is 5.92 Å². The maximum atomic E-state index is 9.80. The maximum absolute atomic E-state index is 9.80. The number of fused-ring (bicyclic) bond motifs is 2. The molecular weight excluding hydrogens is 470 g/mol. The molecule has 180 valence electrons. The molecule has 0 radical (unpaired) electrons. The van der Waals surface area contributed by atoms with Crippen LogP contribution in [0.4, 0.5) is 11.4 Å². The minimum Gasteiger partial charge on any atom is -0.395 e. The summed E-state index contributed by atoms with van der Waals surface area (Å²) in [7, 11) is 0. The van der Waals surface area contributed by atoms with Gasteiger partial charge in [-0.3, -0.25) is 4.90 Å². The number of hydrogen-bond donors (Lipinski definition) is 2. The van der Waals surface area contributed by atoms with Crippen LogP contribution in [0, 0.1) is 5.92 Å². The minimum absolute atomic E-state index is 0. The van der Waals surface area contributed by atoms with Crippen molar-refractivity contribution in [2.45, 2.75) is 61.9 Å². The lowest BCUT2D eigenvalue weighted by atomic mass is 10.1. The molecule has 0 bridgehead atoms. The molecule has 2 heterocycles. The summed E-state index contributed by atoms with van der Waals surface area (Å²) in [6.07, 6.45) is 3.37. The summed E-state index contributed by atoms with van der Waals surface area (Å²) in [5.74, 6) is 0.659. The van der Waals surface area contributed by atoms with Gasteiger partial charge in [0.15, 0.2) is 0 Å². The van der Waals surface area contributed by atoms with E-state index in [4.69, 9.17) is 12.2 Å². The van der Waals surface area contributed by atoms with E-state index in [2.05, 4.69) is 78.4 Å². The third-order valence-corrected chi connectivity index (χ3v) is 7.99. The van der Waals surface area contributed by atoms with E-state index in [1.54, 1.807) is 0 Å². The lowest BCUT2D eigenvalue weighted by molar-refractivity contribution is 0.154. The average Bonchev–Trinajstić information content (AvgIpc) is 3.23. The number of nitrogens with zero attached hydrogens (tertiary/aromatic N) is 2. The fourth-order valence-electron chi connectivity index (χ4n) is 4.74. The van der Waals surface area contributed by atoms with Gasteiger partial charge in [-0.15, -0.1) is 12.4 Å². The highest BCUT2D eigenvalue weighted by Crippen LogP contribution is 2.49. The number of nitrogens with one attached hydrogen (secondary N) is 1. The van der Waals surface area contributed by atoms with Crippen LogP contribution in [-0.2, 0) is 0 Å². The van der Waals surface area contributed by atoms with E-state index in [1.165, 1.54) is 27.6 Å². The van der Waals surface area contributed by atoms with E-state index in [-0.39, 0.29) is 31.1 Å². The van der Waals surface area contributed by atoms with Crippen molar-refractivity contribution in [2.75, 3.05) is 31.1 Å². The van der Waals surface area contributed by atoms with E-state index >= 15 is 0 Å². The number of halogens is 1. The van der Waals surface area contributed by atoms with Crippen LogP contribution in [0.25, 0.3) is 0 Å². The first kappa shape index (κ1) is 26.3. The first-order valence-electron chi connectivity index (χ1n) is 11.8. The highest BCUT2D eigenvalue weighted by molar-refractivity contribution is 7.99. The molecule has 1 fully saturated rings. The number of aliphatic hydroxyl groups excluding tert-OH is 1. The van der Waals surface area contributed by atoms with Crippen LogP contribution in [0.1, 0.15) is 45.6 Å². The highest BCUT2D eigenvalue weighted by Gasteiger charge is 2.31. The van der Waals surface area contributed by atoms with Crippen molar-refractivity contribution in [2.24, 2.45) is 5.92 Å². The Morgan fingerprint density at radius 3 is 2.67 bits per heavy atom. The monoisotopic (exact) mass is 505 g/mol. The van der Waals surface area contributed by atoms with Gasteiger partial charge in [-0.05, 0) is 62.9 Å². The molecule has 0 saturated carbocycles. The summed E-state index contributed by atoms with van der Waals surface area (Å²) in [6.45, 7) is 9.92. The van der Waals surface area contributed by atoms with Crippen LogP contribution in [0.5, 0.6) is 0 Å². The fourth-order valence-corrected chi connectivity index (χ4v) is 6.02. The predicted molar refractivity (Wildman–Crippen MR) is 147 cm³/mol. The zero-order valence-electron chi connectivity index (χ0n) is 19.8. The van der Waals surface area contributed by atoms with Gasteiger partial charge in [-0.2, -0.15) is 0 Å². The Morgan fingerprint density at radius 1 is 1.15 bits per heavy atom. The van der Waals surface area contributed by atoms with E-state index in [9.17, 15) is 5.11 Å². The largest absolute Gasteiger partial charge is 0.395 e. The number of anilines is 2. The molecule has 2 aliphatic heterocycles. The van der Waals surface area contributed by atoms with Crippen molar-refractivity contribution in [3.8, 4) is 0 Å². The summed E-state index contributed by atoms with van der Waals surface area (Å²) in [6, 6.07) is 15.9. The van der Waals surface area contributed by atoms with Crippen molar-refractivity contribution in [1.29, 1.82) is 0 Å². The molecule has 1 unspecified atom stereocenters. The van der Waals surface area contributed by atoms with Crippen LogP contribution in [0.2, 0.25) is 0 Å². The van der Waals surface area contributed by atoms with Gasteiger partial charge < -0.3 is 15.3 Å². The number of hydrogen-bond acceptors (Lipinski definition) is 5. The quantitative estimate of drug-likeness (QED) is 0.437. The number of para-hydroxylation sites is 1. The lowest BCUT2D eigenvalue weighted by Crippen LogP contribution is -2.44. The van der Waals surface area contributed by atoms with Gasteiger partial charge in [0.25, 0.3) is 0 Å². The van der Waals surface area contributed by atoms with Crippen LogP contribution in [0.3, 0.4) is 0 Å². The number of benzene rings is 2. The maximum Gasteiger partial charge on any atom is 0.106 e. The molecule has 7 heteroatoms. The predicted octanol–water partition coefficient (Wildman–Crippen LogP) is 5.87. The Bertz CT molecular complexity index is 955. The second-order valence-corrected chi connectivity index (χ2v) is 10.9. The topological polar surface area (TPSA) is 38.7 Å². The molecule has 4 rings (SSSR count). The van der Waals surface area contributed by atoms with Crippen molar-refractivity contribution >= 4 is 52.8 Å². The molecule has 4 nitrogen and oxygen atoms in total. The highest BCUT2D eigenvalue weighted by atomic mass is 35.5. The Balaban J connectivity index is 0.00000306. The SMILES string of the molecule is CC(C)CCNC(=S)c1ccc2c(c1)N(C(C)CN1CCC[C@H]1CO)c1ccccc1S2.Cl. The zero-order valence-corrected chi connectivity index (χ0v) is 22.2. The van der Waals surface area contributed by atoms with Crippen LogP contribution >= 0.6 is 36.4 Å².